The number of rotatable bonds is 7. The summed E-state index contributed by atoms with van der Waals surface area (Å²) in [5, 5.41) is 2.07. The average Bonchev–Trinajstić information content (AvgIpc) is 2.68. The second kappa shape index (κ2) is 9.27. The first-order valence-electron chi connectivity index (χ1n) is 7.81. The van der Waals surface area contributed by atoms with E-state index in [1.165, 1.54) is 12.1 Å². The van der Waals surface area contributed by atoms with Gasteiger partial charge < -0.3 is 10.1 Å². The maximum atomic E-state index is 13.1. The number of hydroxylamine groups is 1. The smallest absolute Gasteiger partial charge is 0.338 e. The summed E-state index contributed by atoms with van der Waals surface area (Å²) in [5.74, 6) is -4.05. The van der Waals surface area contributed by atoms with E-state index in [2.05, 4.69) is 10.2 Å². The highest BCUT2D eigenvalue weighted by Crippen LogP contribution is 2.25. The summed E-state index contributed by atoms with van der Waals surface area (Å²) in [4.78, 5) is 28.2. The highest BCUT2D eigenvalue weighted by Gasteiger charge is 2.25. The Morgan fingerprint density at radius 2 is 1.83 bits per heavy atom. The van der Waals surface area contributed by atoms with E-state index in [1.54, 1.807) is 0 Å². The molecule has 0 atom stereocenters. The van der Waals surface area contributed by atoms with Gasteiger partial charge in [-0.25, -0.2) is 22.0 Å². The van der Waals surface area contributed by atoms with Gasteiger partial charge in [-0.05, 0) is 30.3 Å². The van der Waals surface area contributed by atoms with Crippen molar-refractivity contribution in [2.75, 3.05) is 26.1 Å². The Morgan fingerprint density at radius 1 is 1.14 bits per heavy atom. The van der Waals surface area contributed by atoms with Crippen LogP contribution in [-0.4, -0.2) is 45.5 Å². The molecule has 0 aliphatic rings. The van der Waals surface area contributed by atoms with Crippen molar-refractivity contribution in [1.82, 2.24) is 4.47 Å². The van der Waals surface area contributed by atoms with Crippen LogP contribution in [0, 0.1) is 11.6 Å². The molecule has 12 heteroatoms. The van der Waals surface area contributed by atoms with Crippen LogP contribution in [0.4, 0.5) is 14.5 Å². The molecule has 0 saturated carbocycles. The monoisotopic (exact) mass is 448 g/mol. The van der Waals surface area contributed by atoms with Crippen molar-refractivity contribution in [3.8, 4) is 0 Å². The first-order valence-corrected chi connectivity index (χ1v) is 9.62. The van der Waals surface area contributed by atoms with Crippen molar-refractivity contribution in [2.45, 2.75) is 4.90 Å². The third-order valence-electron chi connectivity index (χ3n) is 3.58. The van der Waals surface area contributed by atoms with Gasteiger partial charge in [-0.3, -0.25) is 9.63 Å². The summed E-state index contributed by atoms with van der Waals surface area (Å²) in [5.41, 5.74) is -0.217. The first kappa shape index (κ1) is 22.7. The van der Waals surface area contributed by atoms with Gasteiger partial charge in [0.15, 0.2) is 18.2 Å². The lowest BCUT2D eigenvalue weighted by Crippen LogP contribution is -2.26. The molecule has 29 heavy (non-hydrogen) atoms. The molecule has 0 unspecified atom stereocenters. The predicted octanol–water partition coefficient (Wildman–Crippen LogP) is 2.60. The van der Waals surface area contributed by atoms with E-state index in [9.17, 15) is 26.8 Å². The number of amides is 1. The lowest BCUT2D eigenvalue weighted by Gasteiger charge is -2.15. The fourth-order valence-electron chi connectivity index (χ4n) is 2.05. The molecule has 0 fully saturated rings. The van der Waals surface area contributed by atoms with Crippen LogP contribution in [0.15, 0.2) is 41.3 Å². The zero-order valence-corrected chi connectivity index (χ0v) is 16.7. The van der Waals surface area contributed by atoms with E-state index in [0.717, 1.165) is 38.4 Å². The maximum absolute atomic E-state index is 13.1. The summed E-state index contributed by atoms with van der Waals surface area (Å²) >= 11 is 5.89. The van der Waals surface area contributed by atoms with Gasteiger partial charge in [-0.2, -0.15) is 0 Å². The number of hydrogen-bond acceptors (Lipinski definition) is 6. The molecule has 2 aromatic rings. The van der Waals surface area contributed by atoms with Crippen molar-refractivity contribution >= 4 is 39.2 Å². The summed E-state index contributed by atoms with van der Waals surface area (Å²) in [7, 11) is -1.86. The lowest BCUT2D eigenvalue weighted by molar-refractivity contribution is -0.119. The number of carbonyl (C=O) groups is 2. The number of nitrogens with one attached hydrogen (secondary N) is 1. The minimum absolute atomic E-state index is 0.0348. The van der Waals surface area contributed by atoms with Crippen LogP contribution in [0.25, 0.3) is 0 Å². The molecule has 1 amide bonds. The molecule has 1 N–H and O–H groups in total. The first-order chi connectivity index (χ1) is 13.6. The molecule has 0 aromatic heterocycles. The molecule has 156 valence electrons. The van der Waals surface area contributed by atoms with E-state index >= 15 is 0 Å². The van der Waals surface area contributed by atoms with Crippen LogP contribution in [0.1, 0.15) is 10.4 Å². The number of halogens is 3. The standard InChI is InChI=1S/C17H15ClF2N2O6S/c1-22(27-2)29(25,26)15-7-10(3-5-12(15)18)17(24)28-9-16(23)21-11-4-6-13(19)14(20)8-11/h3-8H,9H2,1-2H3,(H,21,23). The zero-order valence-electron chi connectivity index (χ0n) is 15.1. The van der Waals surface area contributed by atoms with Gasteiger partial charge >= 0.3 is 5.97 Å². The fraction of sp³-hybridized carbons (Fsp3) is 0.176. The molecule has 2 rings (SSSR count). The normalized spacial score (nSPS) is 11.4. The van der Waals surface area contributed by atoms with Gasteiger partial charge in [-0.1, -0.05) is 16.1 Å². The molecule has 0 spiro atoms. The van der Waals surface area contributed by atoms with Gasteiger partial charge in [0.2, 0.25) is 0 Å². The van der Waals surface area contributed by atoms with Crippen molar-refractivity contribution in [3.63, 3.8) is 0 Å². The second-order valence-electron chi connectivity index (χ2n) is 5.50. The van der Waals surface area contributed by atoms with Gasteiger partial charge in [0, 0.05) is 18.8 Å². The van der Waals surface area contributed by atoms with E-state index in [1.807, 2.05) is 0 Å². The van der Waals surface area contributed by atoms with Crippen LogP contribution in [0.2, 0.25) is 5.02 Å². The van der Waals surface area contributed by atoms with E-state index in [4.69, 9.17) is 16.3 Å². The largest absolute Gasteiger partial charge is 0.452 e. The van der Waals surface area contributed by atoms with Crippen LogP contribution in [0.3, 0.4) is 0 Å². The number of ether oxygens (including phenoxy) is 1. The van der Waals surface area contributed by atoms with Crippen molar-refractivity contribution in [3.05, 3.63) is 58.6 Å². The summed E-state index contributed by atoms with van der Waals surface area (Å²) in [6.07, 6.45) is 0. The molecule has 0 aliphatic carbocycles. The Bertz CT molecular complexity index is 1050. The van der Waals surface area contributed by atoms with Gasteiger partial charge in [-0.15, -0.1) is 0 Å². The van der Waals surface area contributed by atoms with Crippen molar-refractivity contribution in [1.29, 1.82) is 0 Å². The van der Waals surface area contributed by atoms with Gasteiger partial charge in [0.05, 0.1) is 17.7 Å². The van der Waals surface area contributed by atoms with Crippen molar-refractivity contribution in [2.24, 2.45) is 0 Å². The van der Waals surface area contributed by atoms with Gasteiger partial charge in [0.1, 0.15) is 4.90 Å². The van der Waals surface area contributed by atoms with Crippen LogP contribution in [-0.2, 0) is 24.4 Å². The number of hydrogen-bond donors (Lipinski definition) is 1. The number of sulfonamides is 1. The van der Waals surface area contributed by atoms with Gasteiger partial charge in [0.25, 0.3) is 15.9 Å². The lowest BCUT2D eigenvalue weighted by atomic mass is 10.2. The summed E-state index contributed by atoms with van der Waals surface area (Å²) in [6, 6.07) is 6.07. The summed E-state index contributed by atoms with van der Waals surface area (Å²) < 4.78 is 56.0. The maximum Gasteiger partial charge on any atom is 0.338 e. The predicted molar refractivity (Wildman–Crippen MR) is 98.7 cm³/mol. The molecule has 0 heterocycles. The molecule has 0 radical (unpaired) electrons. The Morgan fingerprint density at radius 3 is 2.45 bits per heavy atom. The molecular formula is C17H15ClF2N2O6S. The highest BCUT2D eigenvalue weighted by molar-refractivity contribution is 7.89. The third-order valence-corrected chi connectivity index (χ3v) is 5.74. The number of esters is 1. The zero-order chi connectivity index (χ0) is 21.8. The van der Waals surface area contributed by atoms with E-state index in [0.29, 0.717) is 4.47 Å². The molecule has 0 saturated heterocycles. The quantitative estimate of drug-likeness (QED) is 0.516. The van der Waals surface area contributed by atoms with E-state index < -0.39 is 45.0 Å². The van der Waals surface area contributed by atoms with Crippen LogP contribution in [0.5, 0.6) is 0 Å². The Labute approximate surface area is 170 Å². The highest BCUT2D eigenvalue weighted by atomic mass is 35.5. The SMILES string of the molecule is CON(C)S(=O)(=O)c1cc(C(=O)OCC(=O)Nc2ccc(F)c(F)c2)ccc1Cl. The topological polar surface area (TPSA) is 102 Å². The average molecular weight is 449 g/mol. The summed E-state index contributed by atoms with van der Waals surface area (Å²) in [6.45, 7) is -0.749. The number of anilines is 1. The molecule has 2 aromatic carbocycles. The minimum Gasteiger partial charge on any atom is -0.452 e. The third kappa shape index (κ3) is 5.48. The number of carbonyl (C=O) groups excluding carboxylic acids is 2. The fourth-order valence-corrected chi connectivity index (χ4v) is 3.52. The van der Waals surface area contributed by atoms with Crippen molar-refractivity contribution < 1.29 is 36.4 Å². The molecular weight excluding hydrogens is 434 g/mol. The van der Waals surface area contributed by atoms with Crippen LogP contribution < -0.4 is 5.32 Å². The van der Waals surface area contributed by atoms with Crippen LogP contribution >= 0.6 is 11.6 Å². The van der Waals surface area contributed by atoms with E-state index in [-0.39, 0.29) is 16.3 Å². The second-order valence-corrected chi connectivity index (χ2v) is 7.81. The molecule has 0 aliphatic heterocycles. The molecule has 8 nitrogen and oxygen atoms in total. The Hall–Kier alpha value is -2.60. The Balaban J connectivity index is 2.08. The number of benzene rings is 2. The number of nitrogens with zero attached hydrogens (tertiary/aromatic N) is 1. The minimum atomic E-state index is -4.13. The Kier molecular flexibility index (Phi) is 7.25. The molecule has 0 bridgehead atoms.